The minimum absolute atomic E-state index is 0.0831. The Kier molecular flexibility index (Phi) is 5.96. The van der Waals surface area contributed by atoms with Crippen molar-refractivity contribution < 1.29 is 9.53 Å². The summed E-state index contributed by atoms with van der Waals surface area (Å²) in [5, 5.41) is 12.9. The second kappa shape index (κ2) is 8.18. The monoisotopic (exact) mass is 299 g/mol. The van der Waals surface area contributed by atoms with Gasteiger partial charge in [0.1, 0.15) is 5.75 Å². The molecule has 0 saturated heterocycles. The number of hydrogen-bond acceptors (Lipinski definition) is 4. The second-order valence-corrected chi connectivity index (χ2v) is 5.49. The number of nitrogens with zero attached hydrogens (tertiary/aromatic N) is 2. The zero-order valence-electron chi connectivity index (χ0n) is 12.8. The van der Waals surface area contributed by atoms with E-state index in [1.54, 1.807) is 24.3 Å². The quantitative estimate of drug-likeness (QED) is 0.849. The van der Waals surface area contributed by atoms with Gasteiger partial charge in [-0.05, 0) is 55.9 Å². The van der Waals surface area contributed by atoms with Gasteiger partial charge in [-0.15, -0.1) is 0 Å². The smallest absolute Gasteiger partial charge is 0.277 e. The molecule has 1 aliphatic rings. The van der Waals surface area contributed by atoms with Crippen molar-refractivity contribution >= 4 is 11.6 Å². The number of hydrazone groups is 1. The predicted molar refractivity (Wildman–Crippen MR) is 84.5 cm³/mol. The van der Waals surface area contributed by atoms with E-state index in [-0.39, 0.29) is 12.5 Å². The lowest BCUT2D eigenvalue weighted by atomic mass is 9.86. The Morgan fingerprint density at radius 2 is 2.05 bits per heavy atom. The van der Waals surface area contributed by atoms with Crippen LogP contribution in [0.1, 0.15) is 44.6 Å². The first kappa shape index (κ1) is 16.0. The average molecular weight is 299 g/mol. The van der Waals surface area contributed by atoms with Crippen LogP contribution in [-0.2, 0) is 4.79 Å². The lowest BCUT2D eigenvalue weighted by molar-refractivity contribution is -0.123. The third kappa shape index (κ3) is 4.88. The van der Waals surface area contributed by atoms with Crippen LogP contribution in [0.4, 0.5) is 0 Å². The normalized spacial score (nSPS) is 17.5. The third-order valence-electron chi connectivity index (χ3n) is 3.95. The molecule has 0 spiro atoms. The number of hydrogen-bond donors (Lipinski definition) is 1. The summed E-state index contributed by atoms with van der Waals surface area (Å²) >= 11 is 0. The van der Waals surface area contributed by atoms with Crippen LogP contribution in [0.3, 0.4) is 0 Å². The maximum absolute atomic E-state index is 11.7. The van der Waals surface area contributed by atoms with Crippen molar-refractivity contribution in [1.82, 2.24) is 5.43 Å². The van der Waals surface area contributed by atoms with E-state index >= 15 is 0 Å². The molecule has 22 heavy (non-hydrogen) atoms. The Hall–Kier alpha value is -2.35. The summed E-state index contributed by atoms with van der Waals surface area (Å²) in [5.41, 5.74) is 4.18. The lowest BCUT2D eigenvalue weighted by Crippen LogP contribution is -2.26. The molecule has 1 aromatic rings. The van der Waals surface area contributed by atoms with Crippen LogP contribution in [0.5, 0.6) is 5.75 Å². The number of rotatable bonds is 5. The zero-order chi connectivity index (χ0) is 15.8. The van der Waals surface area contributed by atoms with Gasteiger partial charge in [0.15, 0.2) is 6.61 Å². The van der Waals surface area contributed by atoms with Crippen LogP contribution in [0, 0.1) is 17.2 Å². The van der Waals surface area contributed by atoms with Crippen LogP contribution in [0.25, 0.3) is 0 Å². The first-order valence-electron chi connectivity index (χ1n) is 7.68. The molecule has 0 radical (unpaired) electrons. The fourth-order valence-electron chi connectivity index (χ4n) is 2.48. The number of carbonyl (C=O) groups excluding carboxylic acids is 1. The van der Waals surface area contributed by atoms with Crippen LogP contribution >= 0.6 is 0 Å². The van der Waals surface area contributed by atoms with Gasteiger partial charge in [0.25, 0.3) is 5.91 Å². The molecule has 0 unspecified atom stereocenters. The molecule has 5 heteroatoms. The number of amides is 1. The van der Waals surface area contributed by atoms with Gasteiger partial charge < -0.3 is 4.74 Å². The second-order valence-electron chi connectivity index (χ2n) is 5.49. The minimum Gasteiger partial charge on any atom is -0.484 e. The summed E-state index contributed by atoms with van der Waals surface area (Å²) in [7, 11) is 0. The van der Waals surface area contributed by atoms with Crippen molar-refractivity contribution in [2.24, 2.45) is 11.0 Å². The Morgan fingerprint density at radius 1 is 1.36 bits per heavy atom. The molecule has 1 N–H and O–H groups in total. The SMILES string of the molecule is CCC1CCC(=NNC(=O)COc2ccc(C#N)cc2)CC1. The van der Waals surface area contributed by atoms with Crippen molar-refractivity contribution in [2.45, 2.75) is 39.0 Å². The van der Waals surface area contributed by atoms with Gasteiger partial charge in [-0.2, -0.15) is 10.4 Å². The van der Waals surface area contributed by atoms with E-state index in [0.717, 1.165) is 37.3 Å². The van der Waals surface area contributed by atoms with E-state index in [4.69, 9.17) is 10.00 Å². The zero-order valence-corrected chi connectivity index (χ0v) is 12.8. The molecule has 1 amide bonds. The van der Waals surface area contributed by atoms with Crippen LogP contribution in [0.15, 0.2) is 29.4 Å². The number of nitriles is 1. The summed E-state index contributed by atoms with van der Waals surface area (Å²) in [5.74, 6) is 1.09. The van der Waals surface area contributed by atoms with Crippen molar-refractivity contribution in [3.8, 4) is 11.8 Å². The summed E-state index contributed by atoms with van der Waals surface area (Å²) in [6.07, 6.45) is 5.47. The molecule has 1 saturated carbocycles. The van der Waals surface area contributed by atoms with Gasteiger partial charge in [-0.25, -0.2) is 5.43 Å². The highest BCUT2D eigenvalue weighted by Crippen LogP contribution is 2.24. The summed E-state index contributed by atoms with van der Waals surface area (Å²) in [6.45, 7) is 2.13. The predicted octanol–water partition coefficient (Wildman–Crippen LogP) is 3.01. The van der Waals surface area contributed by atoms with Gasteiger partial charge >= 0.3 is 0 Å². The lowest BCUT2D eigenvalue weighted by Gasteiger charge is -2.21. The molecular formula is C17H21N3O2. The summed E-state index contributed by atoms with van der Waals surface area (Å²) < 4.78 is 5.35. The molecule has 0 aromatic heterocycles. The molecule has 0 heterocycles. The van der Waals surface area contributed by atoms with E-state index in [1.807, 2.05) is 6.07 Å². The van der Waals surface area contributed by atoms with Gasteiger partial charge in [-0.1, -0.05) is 13.3 Å². The number of carbonyl (C=O) groups is 1. The molecule has 2 rings (SSSR count). The van der Waals surface area contributed by atoms with Gasteiger partial charge in [0.2, 0.25) is 0 Å². The fraction of sp³-hybridized carbons (Fsp3) is 0.471. The largest absolute Gasteiger partial charge is 0.484 e. The fourth-order valence-corrected chi connectivity index (χ4v) is 2.48. The highest BCUT2D eigenvalue weighted by Gasteiger charge is 2.16. The summed E-state index contributed by atoms with van der Waals surface area (Å²) in [6, 6.07) is 8.68. The molecule has 0 aliphatic heterocycles. The molecule has 0 atom stereocenters. The average Bonchev–Trinajstić information content (AvgIpc) is 2.59. The highest BCUT2D eigenvalue weighted by molar-refractivity contribution is 5.87. The van der Waals surface area contributed by atoms with E-state index < -0.39 is 0 Å². The van der Waals surface area contributed by atoms with Crippen molar-refractivity contribution in [2.75, 3.05) is 6.61 Å². The minimum atomic E-state index is -0.269. The van der Waals surface area contributed by atoms with Crippen molar-refractivity contribution in [3.05, 3.63) is 29.8 Å². The Balaban J connectivity index is 1.73. The standard InChI is InChI=1S/C17H21N3O2/c1-2-13-3-7-15(8-4-13)19-20-17(21)12-22-16-9-5-14(11-18)6-10-16/h5-6,9-10,13H,2-4,7-8,12H2,1H3,(H,20,21). The van der Waals surface area contributed by atoms with Gasteiger partial charge in [0, 0.05) is 5.71 Å². The van der Waals surface area contributed by atoms with Crippen molar-refractivity contribution in [1.29, 1.82) is 5.26 Å². The number of nitrogens with one attached hydrogen (secondary N) is 1. The third-order valence-corrected chi connectivity index (χ3v) is 3.95. The maximum atomic E-state index is 11.7. The Bertz CT molecular complexity index is 563. The molecule has 1 fully saturated rings. The topological polar surface area (TPSA) is 74.5 Å². The number of ether oxygens (including phenoxy) is 1. The molecule has 0 bridgehead atoms. The Morgan fingerprint density at radius 3 is 2.64 bits per heavy atom. The van der Waals surface area contributed by atoms with E-state index in [2.05, 4.69) is 17.5 Å². The van der Waals surface area contributed by atoms with Crippen LogP contribution in [-0.4, -0.2) is 18.2 Å². The van der Waals surface area contributed by atoms with Crippen molar-refractivity contribution in [3.63, 3.8) is 0 Å². The molecule has 1 aromatic carbocycles. The van der Waals surface area contributed by atoms with Gasteiger partial charge in [-0.3, -0.25) is 4.79 Å². The highest BCUT2D eigenvalue weighted by atomic mass is 16.5. The van der Waals surface area contributed by atoms with Gasteiger partial charge in [0.05, 0.1) is 11.6 Å². The molecule has 116 valence electrons. The molecule has 5 nitrogen and oxygen atoms in total. The van der Waals surface area contributed by atoms with Crippen LogP contribution < -0.4 is 10.2 Å². The number of benzene rings is 1. The summed E-state index contributed by atoms with van der Waals surface area (Å²) in [4.78, 5) is 11.7. The van der Waals surface area contributed by atoms with E-state index in [9.17, 15) is 4.79 Å². The van der Waals surface area contributed by atoms with E-state index in [1.165, 1.54) is 6.42 Å². The molecular weight excluding hydrogens is 278 g/mol. The van der Waals surface area contributed by atoms with E-state index in [0.29, 0.717) is 11.3 Å². The first-order valence-corrected chi connectivity index (χ1v) is 7.68. The maximum Gasteiger partial charge on any atom is 0.277 e. The first-order chi connectivity index (χ1) is 10.7. The van der Waals surface area contributed by atoms with Crippen LogP contribution in [0.2, 0.25) is 0 Å². The molecule has 1 aliphatic carbocycles. The Labute approximate surface area is 131 Å².